The lowest BCUT2D eigenvalue weighted by atomic mass is 9.80. The van der Waals surface area contributed by atoms with Crippen molar-refractivity contribution in [2.24, 2.45) is 5.10 Å². The molecule has 0 fully saturated rings. The summed E-state index contributed by atoms with van der Waals surface area (Å²) in [5, 5.41) is 15.0. The Bertz CT molecular complexity index is 907. The fourth-order valence-electron chi connectivity index (χ4n) is 3.72. The molecule has 7 nitrogen and oxygen atoms in total. The van der Waals surface area contributed by atoms with Crippen LogP contribution in [0.15, 0.2) is 41.5 Å². The Morgan fingerprint density at radius 3 is 2.61 bits per heavy atom. The summed E-state index contributed by atoms with van der Waals surface area (Å²) in [6, 6.07) is 10.3. The second-order valence-electron chi connectivity index (χ2n) is 7.80. The van der Waals surface area contributed by atoms with Gasteiger partial charge >= 0.3 is 0 Å². The number of nitro groups is 1. The number of fused-ring (bicyclic) bond motifs is 1. The van der Waals surface area contributed by atoms with Gasteiger partial charge in [0, 0.05) is 42.0 Å². The van der Waals surface area contributed by atoms with E-state index in [1.54, 1.807) is 25.5 Å². The summed E-state index contributed by atoms with van der Waals surface area (Å²) in [4.78, 5) is 12.6. The lowest BCUT2D eigenvalue weighted by Gasteiger charge is -2.45. The number of anilines is 2. The summed E-state index contributed by atoms with van der Waals surface area (Å²) in [5.41, 5.74) is 7.06. The molecule has 1 heterocycles. The van der Waals surface area contributed by atoms with Crippen molar-refractivity contribution in [1.29, 1.82) is 0 Å². The van der Waals surface area contributed by atoms with Gasteiger partial charge in [-0.1, -0.05) is 6.92 Å². The molecule has 0 radical (unpaired) electrons. The van der Waals surface area contributed by atoms with Crippen molar-refractivity contribution in [3.63, 3.8) is 0 Å². The highest BCUT2D eigenvalue weighted by atomic mass is 16.6. The summed E-state index contributed by atoms with van der Waals surface area (Å²) in [6.07, 6.45) is 2.79. The number of nitrogens with zero attached hydrogens (tertiary/aromatic N) is 3. The van der Waals surface area contributed by atoms with E-state index in [0.29, 0.717) is 11.6 Å². The predicted molar refractivity (Wildman–Crippen MR) is 113 cm³/mol. The van der Waals surface area contributed by atoms with Crippen molar-refractivity contribution in [2.45, 2.75) is 38.6 Å². The lowest BCUT2D eigenvalue weighted by Crippen LogP contribution is -2.45. The molecule has 1 atom stereocenters. The van der Waals surface area contributed by atoms with Gasteiger partial charge in [0.05, 0.1) is 23.9 Å². The third kappa shape index (κ3) is 3.78. The molecule has 148 valence electrons. The maximum absolute atomic E-state index is 10.7. The van der Waals surface area contributed by atoms with Crippen LogP contribution in [0, 0.1) is 10.1 Å². The van der Waals surface area contributed by atoms with Gasteiger partial charge in [0.25, 0.3) is 5.69 Å². The number of hydrogen-bond donors (Lipinski definition) is 1. The molecule has 1 aliphatic rings. The molecule has 0 aromatic heterocycles. The molecule has 0 aliphatic carbocycles. The fraction of sp³-hybridized carbons (Fsp3) is 0.381. The molecular formula is C21H26N4O3. The second kappa shape index (κ2) is 7.50. The highest BCUT2D eigenvalue weighted by molar-refractivity contribution is 5.86. The molecule has 2 aromatic rings. The van der Waals surface area contributed by atoms with Crippen LogP contribution in [-0.4, -0.2) is 30.8 Å². The average Bonchev–Trinajstić information content (AvgIpc) is 2.66. The standard InChI is InChI=1S/C21H26N4O3/c1-14-12-21(2,3)24(4)19-11-20(28-5)15(10-18(14)19)13-22-23-16-6-8-17(9-7-16)25(26)27/h6-11,13-14,23H,12H2,1-5H3/b22-13-. The van der Waals surface area contributed by atoms with Gasteiger partial charge in [0.2, 0.25) is 0 Å². The first-order valence-corrected chi connectivity index (χ1v) is 9.22. The summed E-state index contributed by atoms with van der Waals surface area (Å²) < 4.78 is 5.59. The number of ether oxygens (including phenoxy) is 1. The predicted octanol–water partition coefficient (Wildman–Crippen LogP) is 4.77. The van der Waals surface area contributed by atoms with Crippen LogP contribution in [0.3, 0.4) is 0 Å². The Kier molecular flexibility index (Phi) is 5.27. The van der Waals surface area contributed by atoms with E-state index in [1.807, 2.05) is 0 Å². The van der Waals surface area contributed by atoms with Crippen LogP contribution >= 0.6 is 0 Å². The molecule has 1 N–H and O–H groups in total. The minimum atomic E-state index is -0.426. The Labute approximate surface area is 165 Å². The minimum absolute atomic E-state index is 0.0481. The number of hydrogen-bond acceptors (Lipinski definition) is 6. The molecule has 0 amide bonds. The van der Waals surface area contributed by atoms with Gasteiger partial charge in [-0.05, 0) is 49.9 Å². The van der Waals surface area contributed by atoms with Crippen LogP contribution in [0.25, 0.3) is 0 Å². The van der Waals surface area contributed by atoms with Gasteiger partial charge < -0.3 is 9.64 Å². The molecule has 0 spiro atoms. The second-order valence-corrected chi connectivity index (χ2v) is 7.80. The molecule has 1 unspecified atom stereocenters. The zero-order valence-corrected chi connectivity index (χ0v) is 16.9. The van der Waals surface area contributed by atoms with Gasteiger partial charge in [-0.25, -0.2) is 0 Å². The van der Waals surface area contributed by atoms with E-state index in [2.05, 4.69) is 55.4 Å². The smallest absolute Gasteiger partial charge is 0.269 e. The van der Waals surface area contributed by atoms with E-state index < -0.39 is 4.92 Å². The maximum Gasteiger partial charge on any atom is 0.269 e. The lowest BCUT2D eigenvalue weighted by molar-refractivity contribution is -0.384. The monoisotopic (exact) mass is 382 g/mol. The molecule has 28 heavy (non-hydrogen) atoms. The first kappa shape index (κ1) is 19.7. The number of non-ortho nitro benzene ring substituents is 1. The topological polar surface area (TPSA) is 80.0 Å². The molecule has 7 heteroatoms. The Morgan fingerprint density at radius 1 is 1.32 bits per heavy atom. The zero-order chi connectivity index (χ0) is 20.5. The Morgan fingerprint density at radius 2 is 2.00 bits per heavy atom. The highest BCUT2D eigenvalue weighted by Crippen LogP contribution is 2.44. The van der Waals surface area contributed by atoms with Crippen molar-refractivity contribution in [3.05, 3.63) is 57.6 Å². The number of rotatable bonds is 5. The van der Waals surface area contributed by atoms with Gasteiger partial charge in [-0.3, -0.25) is 15.5 Å². The van der Waals surface area contributed by atoms with Gasteiger partial charge in [-0.2, -0.15) is 5.10 Å². The van der Waals surface area contributed by atoms with E-state index in [4.69, 9.17) is 4.74 Å². The highest BCUT2D eigenvalue weighted by Gasteiger charge is 2.34. The van der Waals surface area contributed by atoms with Crippen LogP contribution in [0.5, 0.6) is 5.75 Å². The quantitative estimate of drug-likeness (QED) is 0.458. The molecule has 0 bridgehead atoms. The van der Waals surface area contributed by atoms with E-state index >= 15 is 0 Å². The minimum Gasteiger partial charge on any atom is -0.496 e. The van der Waals surface area contributed by atoms with Crippen molar-refractivity contribution >= 4 is 23.3 Å². The van der Waals surface area contributed by atoms with Crippen molar-refractivity contribution in [2.75, 3.05) is 24.5 Å². The van der Waals surface area contributed by atoms with Crippen molar-refractivity contribution < 1.29 is 9.66 Å². The van der Waals surface area contributed by atoms with Crippen LogP contribution in [0.4, 0.5) is 17.1 Å². The summed E-state index contributed by atoms with van der Waals surface area (Å²) in [5.74, 6) is 1.19. The summed E-state index contributed by atoms with van der Waals surface area (Å²) >= 11 is 0. The molecule has 0 saturated heterocycles. The number of nitro benzene ring substituents is 1. The van der Waals surface area contributed by atoms with Crippen molar-refractivity contribution in [1.82, 2.24) is 0 Å². The fourth-order valence-corrected chi connectivity index (χ4v) is 3.72. The Hall–Kier alpha value is -3.09. The van der Waals surface area contributed by atoms with E-state index in [0.717, 1.165) is 17.7 Å². The van der Waals surface area contributed by atoms with Crippen LogP contribution in [-0.2, 0) is 0 Å². The van der Waals surface area contributed by atoms with Gasteiger partial charge in [0.1, 0.15) is 5.75 Å². The first-order valence-electron chi connectivity index (χ1n) is 9.22. The first-order chi connectivity index (χ1) is 13.2. The largest absolute Gasteiger partial charge is 0.496 e. The molecule has 0 saturated carbocycles. The number of methoxy groups -OCH3 is 1. The molecule has 3 rings (SSSR count). The van der Waals surface area contributed by atoms with Crippen LogP contribution in [0.1, 0.15) is 44.2 Å². The number of benzene rings is 2. The van der Waals surface area contributed by atoms with Crippen LogP contribution in [0.2, 0.25) is 0 Å². The molecule has 2 aromatic carbocycles. The normalized spacial score (nSPS) is 18.0. The third-order valence-corrected chi connectivity index (χ3v) is 5.46. The summed E-state index contributed by atoms with van der Waals surface area (Å²) in [7, 11) is 3.77. The van der Waals surface area contributed by atoms with Gasteiger partial charge in [-0.15, -0.1) is 0 Å². The zero-order valence-electron chi connectivity index (χ0n) is 16.9. The third-order valence-electron chi connectivity index (χ3n) is 5.46. The number of hydrazone groups is 1. The summed E-state index contributed by atoms with van der Waals surface area (Å²) in [6.45, 7) is 6.75. The Balaban J connectivity index is 1.85. The van der Waals surface area contributed by atoms with E-state index in [9.17, 15) is 10.1 Å². The SMILES string of the molecule is COc1cc2c(cc1/C=N\Nc1ccc([N+](=O)[O-])cc1)C(C)CC(C)(C)N2C. The average molecular weight is 382 g/mol. The van der Waals surface area contributed by atoms with E-state index in [1.165, 1.54) is 23.4 Å². The van der Waals surface area contributed by atoms with Crippen LogP contribution < -0.4 is 15.1 Å². The van der Waals surface area contributed by atoms with Crippen molar-refractivity contribution in [3.8, 4) is 5.75 Å². The molecular weight excluding hydrogens is 356 g/mol. The van der Waals surface area contributed by atoms with Gasteiger partial charge in [0.15, 0.2) is 0 Å². The number of nitrogens with one attached hydrogen (secondary N) is 1. The maximum atomic E-state index is 10.7. The van der Waals surface area contributed by atoms with E-state index in [-0.39, 0.29) is 11.2 Å². The molecule has 1 aliphatic heterocycles.